The van der Waals surface area contributed by atoms with Gasteiger partial charge in [-0.05, 0) is 34.5 Å². The summed E-state index contributed by atoms with van der Waals surface area (Å²) in [4.78, 5) is 0. The van der Waals surface area contributed by atoms with Crippen LogP contribution in [0.1, 0.15) is 24.9 Å². The van der Waals surface area contributed by atoms with Gasteiger partial charge in [0.15, 0.2) is 0 Å². The van der Waals surface area contributed by atoms with Crippen molar-refractivity contribution in [3.63, 3.8) is 0 Å². The Hall–Kier alpha value is -0.480. The summed E-state index contributed by atoms with van der Waals surface area (Å²) >= 11 is 2.98. The van der Waals surface area contributed by atoms with E-state index in [0.29, 0.717) is 6.42 Å². The predicted octanol–water partition coefficient (Wildman–Crippen LogP) is 3.14. The fourth-order valence-corrected chi connectivity index (χ4v) is 1.43. The van der Waals surface area contributed by atoms with E-state index < -0.39 is 17.7 Å². The third-order valence-electron chi connectivity index (χ3n) is 1.89. The molecule has 0 heterocycles. The fourth-order valence-electron chi connectivity index (χ4n) is 1.09. The number of nitrogens with two attached hydrogens (primary N) is 1. The first-order valence-electron chi connectivity index (χ1n) is 3.96. The van der Waals surface area contributed by atoms with E-state index >= 15 is 0 Å². The number of benzene rings is 1. The van der Waals surface area contributed by atoms with Crippen molar-refractivity contribution >= 4 is 15.9 Å². The summed E-state index contributed by atoms with van der Waals surface area (Å²) < 4.78 is 26.7. The van der Waals surface area contributed by atoms with Gasteiger partial charge in [0.05, 0.1) is 4.47 Å². The zero-order chi connectivity index (χ0) is 10.0. The summed E-state index contributed by atoms with van der Waals surface area (Å²) in [5, 5.41) is 0. The summed E-state index contributed by atoms with van der Waals surface area (Å²) in [7, 11) is 0. The molecule has 0 spiro atoms. The van der Waals surface area contributed by atoms with Crippen molar-refractivity contribution in [3.8, 4) is 0 Å². The fraction of sp³-hybridized carbons (Fsp3) is 0.333. The molecule has 2 N–H and O–H groups in total. The van der Waals surface area contributed by atoms with Crippen LogP contribution >= 0.6 is 15.9 Å². The van der Waals surface area contributed by atoms with E-state index in [-0.39, 0.29) is 10.0 Å². The zero-order valence-electron chi connectivity index (χ0n) is 7.15. The largest absolute Gasteiger partial charge is 0.324 e. The molecule has 1 aromatic carbocycles. The molecule has 0 aliphatic heterocycles. The van der Waals surface area contributed by atoms with Crippen molar-refractivity contribution in [2.24, 2.45) is 5.73 Å². The van der Waals surface area contributed by atoms with Gasteiger partial charge in [-0.25, -0.2) is 8.78 Å². The van der Waals surface area contributed by atoms with Gasteiger partial charge in [0.1, 0.15) is 11.6 Å². The molecular weight excluding hydrogens is 240 g/mol. The smallest absolute Gasteiger partial charge is 0.145 e. The lowest BCUT2D eigenvalue weighted by Gasteiger charge is -2.12. The van der Waals surface area contributed by atoms with Gasteiger partial charge in [0.25, 0.3) is 0 Å². The molecule has 1 rings (SSSR count). The van der Waals surface area contributed by atoms with E-state index in [1.807, 2.05) is 0 Å². The van der Waals surface area contributed by atoms with E-state index in [0.717, 1.165) is 0 Å². The summed E-state index contributed by atoms with van der Waals surface area (Å²) in [6.45, 7) is 1.78. The van der Waals surface area contributed by atoms with E-state index in [4.69, 9.17) is 5.73 Å². The second-order valence-electron chi connectivity index (χ2n) is 2.77. The van der Waals surface area contributed by atoms with Crippen LogP contribution in [-0.2, 0) is 0 Å². The first-order valence-corrected chi connectivity index (χ1v) is 4.76. The molecule has 0 fully saturated rings. The highest BCUT2D eigenvalue weighted by Crippen LogP contribution is 2.26. The topological polar surface area (TPSA) is 26.0 Å². The van der Waals surface area contributed by atoms with E-state index in [9.17, 15) is 8.78 Å². The van der Waals surface area contributed by atoms with Crippen LogP contribution in [0.4, 0.5) is 8.78 Å². The van der Waals surface area contributed by atoms with Gasteiger partial charge < -0.3 is 5.73 Å². The van der Waals surface area contributed by atoms with Gasteiger partial charge >= 0.3 is 0 Å². The molecular formula is C9H10BrF2N. The average Bonchev–Trinajstić information content (AvgIpc) is 2.12. The lowest BCUT2D eigenvalue weighted by Crippen LogP contribution is -2.13. The van der Waals surface area contributed by atoms with Crippen LogP contribution in [-0.4, -0.2) is 0 Å². The molecule has 1 nitrogen and oxygen atoms in total. The molecule has 0 radical (unpaired) electrons. The highest BCUT2D eigenvalue weighted by Gasteiger charge is 2.17. The van der Waals surface area contributed by atoms with Gasteiger partial charge in [0.2, 0.25) is 0 Å². The summed E-state index contributed by atoms with van der Waals surface area (Å²) in [5.41, 5.74) is 5.52. The SMILES string of the molecule is CCC(N)c1c(F)ccc(Br)c1F. The lowest BCUT2D eigenvalue weighted by atomic mass is 10.0. The van der Waals surface area contributed by atoms with Crippen LogP contribution in [0.15, 0.2) is 16.6 Å². The first kappa shape index (κ1) is 10.6. The molecule has 1 unspecified atom stereocenters. The molecule has 1 aromatic rings. The second kappa shape index (κ2) is 4.15. The van der Waals surface area contributed by atoms with E-state index in [2.05, 4.69) is 15.9 Å². The van der Waals surface area contributed by atoms with Crippen molar-refractivity contribution in [1.29, 1.82) is 0 Å². The quantitative estimate of drug-likeness (QED) is 0.801. The van der Waals surface area contributed by atoms with Crippen LogP contribution in [0.25, 0.3) is 0 Å². The third-order valence-corrected chi connectivity index (χ3v) is 2.50. The zero-order valence-corrected chi connectivity index (χ0v) is 8.74. The number of rotatable bonds is 2. The Balaban J connectivity index is 3.25. The average molecular weight is 250 g/mol. The molecule has 0 aliphatic rings. The molecule has 0 aliphatic carbocycles. The molecule has 0 saturated carbocycles. The maximum Gasteiger partial charge on any atom is 0.145 e. The van der Waals surface area contributed by atoms with E-state index in [1.165, 1.54) is 12.1 Å². The second-order valence-corrected chi connectivity index (χ2v) is 3.63. The minimum atomic E-state index is -0.602. The molecule has 0 bridgehead atoms. The van der Waals surface area contributed by atoms with Gasteiger partial charge in [-0.3, -0.25) is 0 Å². The maximum absolute atomic E-state index is 13.3. The van der Waals surface area contributed by atoms with Crippen molar-refractivity contribution < 1.29 is 8.78 Å². The highest BCUT2D eigenvalue weighted by molar-refractivity contribution is 9.10. The standard InChI is InChI=1S/C9H10BrF2N/c1-2-7(13)8-6(11)4-3-5(10)9(8)12/h3-4,7H,2,13H2,1H3. The predicted molar refractivity (Wildman–Crippen MR) is 51.3 cm³/mol. The first-order chi connectivity index (χ1) is 6.07. The Morgan fingerprint density at radius 3 is 2.62 bits per heavy atom. The third kappa shape index (κ3) is 2.06. The summed E-state index contributed by atoms with van der Waals surface area (Å²) in [6, 6.07) is 1.95. The van der Waals surface area contributed by atoms with Crippen LogP contribution in [0, 0.1) is 11.6 Å². The minimum absolute atomic E-state index is 0.0446. The molecule has 4 heteroatoms. The normalized spacial score (nSPS) is 13.0. The van der Waals surface area contributed by atoms with Crippen molar-refractivity contribution in [2.75, 3.05) is 0 Å². The van der Waals surface area contributed by atoms with E-state index in [1.54, 1.807) is 6.92 Å². The van der Waals surface area contributed by atoms with Crippen LogP contribution in [0.3, 0.4) is 0 Å². The van der Waals surface area contributed by atoms with Crippen molar-refractivity contribution in [2.45, 2.75) is 19.4 Å². The number of hydrogen-bond acceptors (Lipinski definition) is 1. The highest BCUT2D eigenvalue weighted by atomic mass is 79.9. The lowest BCUT2D eigenvalue weighted by molar-refractivity contribution is 0.517. The van der Waals surface area contributed by atoms with Crippen molar-refractivity contribution in [3.05, 3.63) is 33.8 Å². The molecule has 0 aromatic heterocycles. The van der Waals surface area contributed by atoms with Gasteiger partial charge in [-0.2, -0.15) is 0 Å². The Kier molecular flexibility index (Phi) is 3.39. The van der Waals surface area contributed by atoms with Crippen LogP contribution in [0.5, 0.6) is 0 Å². The maximum atomic E-state index is 13.3. The minimum Gasteiger partial charge on any atom is -0.324 e. The number of hydrogen-bond donors (Lipinski definition) is 1. The van der Waals surface area contributed by atoms with Crippen LogP contribution < -0.4 is 5.73 Å². The van der Waals surface area contributed by atoms with Gasteiger partial charge in [0, 0.05) is 11.6 Å². The molecule has 72 valence electrons. The molecule has 0 amide bonds. The molecule has 13 heavy (non-hydrogen) atoms. The van der Waals surface area contributed by atoms with Gasteiger partial charge in [-0.15, -0.1) is 0 Å². The Morgan fingerprint density at radius 2 is 2.08 bits per heavy atom. The monoisotopic (exact) mass is 249 g/mol. The van der Waals surface area contributed by atoms with Crippen molar-refractivity contribution in [1.82, 2.24) is 0 Å². The Bertz CT molecular complexity index is 315. The van der Waals surface area contributed by atoms with Crippen LogP contribution in [0.2, 0.25) is 0 Å². The Labute approximate surface area is 84.1 Å². The Morgan fingerprint density at radius 1 is 1.46 bits per heavy atom. The number of halogens is 3. The summed E-state index contributed by atoms with van der Waals surface area (Å²) in [6.07, 6.45) is 0.504. The molecule has 0 saturated heterocycles. The van der Waals surface area contributed by atoms with Gasteiger partial charge in [-0.1, -0.05) is 6.92 Å². The molecule has 1 atom stereocenters. The summed E-state index contributed by atoms with van der Waals surface area (Å²) in [5.74, 6) is -1.19.